The van der Waals surface area contributed by atoms with Gasteiger partial charge in [0.1, 0.15) is 13.2 Å². The zero-order valence-corrected chi connectivity index (χ0v) is 38.7. The Labute approximate surface area is 348 Å². The van der Waals surface area contributed by atoms with Gasteiger partial charge in [-0.1, -0.05) is 219 Å². The van der Waals surface area contributed by atoms with Crippen molar-refractivity contribution in [2.24, 2.45) is 0 Å². The minimum Gasteiger partial charge on any atom is -0.756 e. The molecule has 56 heavy (non-hydrogen) atoms. The SMILES string of the molecule is CCCCCCCCC/C=C/C(O)C(COP(=O)([O-])OCC[N+](C)(C)C)NC(=O)CCCCCCCCCCCCCCCCCCCCCCCCCCC. The van der Waals surface area contributed by atoms with E-state index >= 15 is 0 Å². The van der Waals surface area contributed by atoms with Gasteiger partial charge in [0, 0.05) is 6.42 Å². The number of allylic oxidation sites excluding steroid dienone is 1. The van der Waals surface area contributed by atoms with Gasteiger partial charge < -0.3 is 28.8 Å². The summed E-state index contributed by atoms with van der Waals surface area (Å²) in [5.41, 5.74) is 0. The predicted octanol–water partition coefficient (Wildman–Crippen LogP) is 12.9. The van der Waals surface area contributed by atoms with E-state index in [1.807, 2.05) is 27.2 Å². The number of carbonyl (C=O) groups excluding carboxylic acids is 1. The summed E-state index contributed by atoms with van der Waals surface area (Å²) in [5.74, 6) is -0.195. The number of carbonyl (C=O) groups is 1. The molecule has 3 atom stereocenters. The van der Waals surface area contributed by atoms with Crippen LogP contribution >= 0.6 is 7.82 Å². The molecular formula is C47H95N2O6P. The number of hydrogen-bond acceptors (Lipinski definition) is 6. The van der Waals surface area contributed by atoms with Gasteiger partial charge >= 0.3 is 0 Å². The fraction of sp³-hybridized carbons (Fsp3) is 0.936. The van der Waals surface area contributed by atoms with Gasteiger partial charge in [-0.25, -0.2) is 0 Å². The van der Waals surface area contributed by atoms with Crippen LogP contribution in [0.3, 0.4) is 0 Å². The van der Waals surface area contributed by atoms with Crippen LogP contribution in [0.1, 0.15) is 232 Å². The second-order valence-corrected chi connectivity index (χ2v) is 19.2. The number of phosphoric acid groups is 1. The third-order valence-electron chi connectivity index (χ3n) is 11.0. The lowest BCUT2D eigenvalue weighted by Gasteiger charge is -2.29. The summed E-state index contributed by atoms with van der Waals surface area (Å²) >= 11 is 0. The predicted molar refractivity (Wildman–Crippen MR) is 238 cm³/mol. The van der Waals surface area contributed by atoms with Crippen molar-refractivity contribution >= 4 is 13.7 Å². The van der Waals surface area contributed by atoms with Crippen LogP contribution < -0.4 is 10.2 Å². The third kappa shape index (κ3) is 41.4. The number of phosphoric ester groups is 1. The van der Waals surface area contributed by atoms with E-state index in [1.54, 1.807) is 6.08 Å². The van der Waals surface area contributed by atoms with Crippen LogP contribution in [-0.4, -0.2) is 68.5 Å². The lowest BCUT2D eigenvalue weighted by atomic mass is 10.0. The zero-order valence-electron chi connectivity index (χ0n) is 37.9. The maximum atomic E-state index is 12.8. The number of unbranched alkanes of at least 4 members (excludes halogenated alkanes) is 31. The van der Waals surface area contributed by atoms with Crippen molar-refractivity contribution in [3.05, 3.63) is 12.2 Å². The molecule has 334 valence electrons. The van der Waals surface area contributed by atoms with Crippen LogP contribution in [-0.2, 0) is 18.4 Å². The van der Waals surface area contributed by atoms with Gasteiger partial charge in [-0.2, -0.15) is 0 Å². The van der Waals surface area contributed by atoms with Crippen LogP contribution in [0.2, 0.25) is 0 Å². The molecule has 0 aromatic heterocycles. The van der Waals surface area contributed by atoms with Gasteiger partial charge in [-0.15, -0.1) is 0 Å². The van der Waals surface area contributed by atoms with E-state index in [-0.39, 0.29) is 19.1 Å². The monoisotopic (exact) mass is 815 g/mol. The van der Waals surface area contributed by atoms with Crippen molar-refractivity contribution in [3.8, 4) is 0 Å². The molecule has 0 aliphatic heterocycles. The minimum atomic E-state index is -4.58. The molecule has 0 heterocycles. The number of nitrogens with zero attached hydrogens (tertiary/aromatic N) is 1. The molecule has 0 bridgehead atoms. The molecule has 0 saturated carbocycles. The number of rotatable bonds is 44. The van der Waals surface area contributed by atoms with Gasteiger partial charge in [-0.05, 0) is 19.3 Å². The summed E-state index contributed by atoms with van der Waals surface area (Å²) in [6.45, 7) is 4.63. The first-order chi connectivity index (χ1) is 27.0. The number of aliphatic hydroxyl groups is 1. The highest BCUT2D eigenvalue weighted by Crippen LogP contribution is 2.38. The largest absolute Gasteiger partial charge is 0.756 e. The van der Waals surface area contributed by atoms with Crippen LogP contribution in [0.25, 0.3) is 0 Å². The second-order valence-electron chi connectivity index (χ2n) is 17.8. The minimum absolute atomic E-state index is 0.00178. The summed E-state index contributed by atoms with van der Waals surface area (Å²) < 4.78 is 23.1. The first-order valence-corrected chi connectivity index (χ1v) is 25.5. The van der Waals surface area contributed by atoms with Crippen molar-refractivity contribution in [3.63, 3.8) is 0 Å². The average Bonchev–Trinajstić information content (AvgIpc) is 3.15. The Morgan fingerprint density at radius 3 is 1.34 bits per heavy atom. The molecule has 1 amide bonds. The van der Waals surface area contributed by atoms with E-state index in [0.717, 1.165) is 38.5 Å². The van der Waals surface area contributed by atoms with Crippen LogP contribution in [0.15, 0.2) is 12.2 Å². The summed E-state index contributed by atoms with van der Waals surface area (Å²) in [6, 6.07) is -0.878. The Balaban J connectivity index is 4.08. The van der Waals surface area contributed by atoms with Crippen LogP contribution in [0.4, 0.5) is 0 Å². The summed E-state index contributed by atoms with van der Waals surface area (Å²) in [6.07, 6.45) is 45.7. The number of amides is 1. The number of aliphatic hydroxyl groups excluding tert-OH is 1. The highest BCUT2D eigenvalue weighted by Gasteiger charge is 2.23. The lowest BCUT2D eigenvalue weighted by molar-refractivity contribution is -0.870. The molecule has 3 unspecified atom stereocenters. The van der Waals surface area contributed by atoms with Crippen molar-refractivity contribution in [2.75, 3.05) is 40.9 Å². The maximum absolute atomic E-state index is 12.8. The molecule has 0 aromatic carbocycles. The Morgan fingerprint density at radius 1 is 0.607 bits per heavy atom. The molecule has 2 N–H and O–H groups in total. The quantitative estimate of drug-likeness (QED) is 0.0274. The number of nitrogens with one attached hydrogen (secondary N) is 1. The molecule has 0 saturated heterocycles. The van der Waals surface area contributed by atoms with Gasteiger partial charge in [0.2, 0.25) is 5.91 Å². The Morgan fingerprint density at radius 2 is 0.964 bits per heavy atom. The van der Waals surface area contributed by atoms with E-state index in [9.17, 15) is 19.4 Å². The van der Waals surface area contributed by atoms with E-state index in [4.69, 9.17) is 9.05 Å². The fourth-order valence-corrected chi connectivity index (χ4v) is 7.88. The smallest absolute Gasteiger partial charge is 0.268 e. The summed E-state index contributed by atoms with van der Waals surface area (Å²) in [5, 5.41) is 13.7. The second kappa shape index (κ2) is 39.7. The average molecular weight is 815 g/mol. The molecule has 0 radical (unpaired) electrons. The van der Waals surface area contributed by atoms with Crippen molar-refractivity contribution in [2.45, 2.75) is 244 Å². The van der Waals surface area contributed by atoms with Gasteiger partial charge in [0.05, 0.1) is 39.9 Å². The summed E-state index contributed by atoms with van der Waals surface area (Å²) in [7, 11) is 1.27. The molecule has 8 nitrogen and oxygen atoms in total. The number of likely N-dealkylation sites (N-methyl/N-ethyl adjacent to an activating group) is 1. The molecule has 9 heteroatoms. The first kappa shape index (κ1) is 55.2. The van der Waals surface area contributed by atoms with Crippen molar-refractivity contribution < 1.29 is 32.9 Å². The molecule has 0 aliphatic carbocycles. The van der Waals surface area contributed by atoms with Crippen LogP contribution in [0, 0.1) is 0 Å². The molecule has 0 spiro atoms. The molecule has 0 aliphatic rings. The lowest BCUT2D eigenvalue weighted by Crippen LogP contribution is -2.45. The Bertz CT molecular complexity index is 927. The Hall–Kier alpha value is -0.760. The third-order valence-corrected chi connectivity index (χ3v) is 12.0. The van der Waals surface area contributed by atoms with Gasteiger partial charge in [0.15, 0.2) is 0 Å². The molecule has 0 rings (SSSR count). The topological polar surface area (TPSA) is 108 Å². The van der Waals surface area contributed by atoms with E-state index < -0.39 is 20.0 Å². The molecular weight excluding hydrogens is 719 g/mol. The fourth-order valence-electron chi connectivity index (χ4n) is 7.15. The highest BCUT2D eigenvalue weighted by atomic mass is 31.2. The van der Waals surface area contributed by atoms with Crippen molar-refractivity contribution in [1.82, 2.24) is 5.32 Å². The Kier molecular flexibility index (Phi) is 39.1. The van der Waals surface area contributed by atoms with Gasteiger partial charge in [0.25, 0.3) is 7.82 Å². The van der Waals surface area contributed by atoms with Crippen LogP contribution in [0.5, 0.6) is 0 Å². The number of hydrogen-bond donors (Lipinski definition) is 2. The standard InChI is InChI=1S/C47H95N2O6P/c1-6-8-10-12-14-16-17-18-19-20-21-22-23-24-25-26-27-28-29-30-31-33-35-37-39-41-47(51)48-45(44-55-56(52,53)54-43-42-49(3,4)5)46(50)40-38-36-34-32-15-13-11-9-7-2/h38,40,45-46,50H,6-37,39,41-44H2,1-5H3,(H-,48,51,52,53)/b40-38+. The van der Waals surface area contributed by atoms with Crippen molar-refractivity contribution in [1.29, 1.82) is 0 Å². The summed E-state index contributed by atoms with van der Waals surface area (Å²) in [4.78, 5) is 25.2. The van der Waals surface area contributed by atoms with E-state index in [1.165, 1.54) is 173 Å². The maximum Gasteiger partial charge on any atom is 0.268 e. The zero-order chi connectivity index (χ0) is 41.4. The first-order valence-electron chi connectivity index (χ1n) is 24.1. The molecule has 0 fully saturated rings. The molecule has 0 aromatic rings. The van der Waals surface area contributed by atoms with Gasteiger partial charge in [-0.3, -0.25) is 9.36 Å². The normalized spacial score (nSPS) is 14.3. The highest BCUT2D eigenvalue weighted by molar-refractivity contribution is 7.45. The van der Waals surface area contributed by atoms with E-state index in [0.29, 0.717) is 17.4 Å². The number of quaternary nitrogens is 1. The van der Waals surface area contributed by atoms with E-state index in [2.05, 4.69) is 19.2 Å².